The second-order valence-corrected chi connectivity index (χ2v) is 41.4. The van der Waals surface area contributed by atoms with Crippen LogP contribution in [-0.4, -0.2) is 300 Å². The third-order valence-corrected chi connectivity index (χ3v) is 23.9. The molecule has 2 fully saturated rings. The summed E-state index contributed by atoms with van der Waals surface area (Å²) in [6, 6.07) is -26.0. The predicted octanol–water partition coefficient (Wildman–Crippen LogP) is -1.03. The molecule has 144 heavy (non-hydrogen) atoms. The van der Waals surface area contributed by atoms with Crippen LogP contribution in [0.4, 0.5) is 0 Å². The van der Waals surface area contributed by atoms with E-state index < -0.39 is 282 Å². The summed E-state index contributed by atoms with van der Waals surface area (Å²) in [4.78, 5) is 324. The number of hydrogen-bond donors (Lipinski definition) is 21. The fourth-order valence-electron chi connectivity index (χ4n) is 16.3. The van der Waals surface area contributed by atoms with E-state index >= 15 is 0 Å². The standard InChI is InChI=1S/C97H162N22O25/c1-46(2)34-65(110-90(137)70(39-51(11)12)114-95(142)78(54(17)18)117-83(130)59(23)103-92(139)73-28-27-33-119(73)97(144)72(40-52(13)14)115-91(138)68(37-49(7)8)109-81(128)57(21)104-94(141)77(53(15)16)116-82(129)58(22)101-79(126)55(19)100-61(25)121)85(132)102-56(20)80(127)108-67(36-48(5)6)89(136)111-66(35-47(3)4)86(133)105-60(24)96(143)118-32-26-29-74(118)93(140)113-69(38-50(9)10)88(135)107-64(30-31-75(122)123)84(131)112-71(41-62-43-98-45-99-62)87(134)106-63(44-120)42-76(124)125/h43-60,63-74,77-78H,26-42H2,1-25H3,(H,98,99)(H,100,121)(H,101,126)(H,102,132)(H,103,139)(H,104,141)(H,105,133)(H,106,134)(H,107,135)(H,108,127)(H,109,128)(H,110,137)(H,111,136)(H,112,131)(H,113,140)(H,114,142)(H,115,138)(H,116,129)(H,117,130)(H,122,123)(H,124,125)/t55-,56-,57-,58-,59-,60-,63-,64-,65-,66-,67-,68-,69-,70-,71-,72-,73-,74-,77-,78-/m0/s1. The molecule has 20 amide bonds. The van der Waals surface area contributed by atoms with E-state index in [1.165, 1.54) is 70.8 Å². The van der Waals surface area contributed by atoms with E-state index in [4.69, 9.17) is 0 Å². The number of carbonyl (C=O) groups is 23. The van der Waals surface area contributed by atoms with Crippen molar-refractivity contribution in [3.8, 4) is 0 Å². The fraction of sp³-hybridized carbons (Fsp3) is 0.732. The molecule has 20 atom stereocenters. The highest BCUT2D eigenvalue weighted by Gasteiger charge is 2.45. The number of carbonyl (C=O) groups excluding carboxylic acids is 21. The average Bonchev–Trinajstić information content (AvgIpc) is 1.67. The maximum absolute atomic E-state index is 14.7. The fourth-order valence-corrected chi connectivity index (χ4v) is 16.3. The molecule has 0 aromatic carbocycles. The van der Waals surface area contributed by atoms with Crippen LogP contribution >= 0.6 is 0 Å². The number of imidazole rings is 1. The lowest BCUT2D eigenvalue weighted by atomic mass is 9.98. The lowest BCUT2D eigenvalue weighted by Crippen LogP contribution is -2.61. The zero-order valence-electron chi connectivity index (χ0n) is 88.1. The zero-order valence-corrected chi connectivity index (χ0v) is 88.1. The summed E-state index contributed by atoms with van der Waals surface area (Å²) in [5, 5.41) is 66.0. The number of aliphatic carboxylic acids is 2. The highest BCUT2D eigenvalue weighted by Crippen LogP contribution is 2.25. The SMILES string of the molecule is CC(=O)N[C@@H](C)C(=O)N[C@@H](C)C(=O)N[C@H](C(=O)N[C@@H](C)C(=O)N[C@@H](CC(C)C)C(=O)N[C@@H](CC(C)C)C(=O)N1CCC[C@H]1C(=O)N[C@@H](C)C(=O)N[C@H](C(=O)N[C@@H](CC(C)C)C(=O)N[C@@H](CC(C)C)C(=O)N[C@@H](C)C(=O)N[C@@H](CC(C)C)C(=O)N[C@@H](CC(C)C)C(=O)N[C@@H](C)C(=O)N1CCC[C@H]1C(=O)N[C@@H](CC(C)C)C(=O)N[C@@H](CCC(=O)O)C(=O)N[C@@H](Cc1c[nH]cn1)C(=O)N[C@H](C=O)CC(=O)O)C(C)C)C(C)C. The Labute approximate surface area is 843 Å². The van der Waals surface area contributed by atoms with E-state index in [1.54, 1.807) is 96.9 Å². The van der Waals surface area contributed by atoms with Gasteiger partial charge in [-0.3, -0.25) is 105 Å². The van der Waals surface area contributed by atoms with Crippen molar-refractivity contribution in [1.82, 2.24) is 115 Å². The van der Waals surface area contributed by atoms with Crippen LogP contribution in [0.15, 0.2) is 12.5 Å². The van der Waals surface area contributed by atoms with Crippen molar-refractivity contribution < 1.29 is 120 Å². The Morgan fingerprint density at radius 1 is 0.333 bits per heavy atom. The van der Waals surface area contributed by atoms with Gasteiger partial charge < -0.3 is 125 Å². The molecular weight excluding hydrogens is 1870 g/mol. The third-order valence-electron chi connectivity index (χ3n) is 23.9. The molecular formula is C97H162N22O25. The monoisotopic (exact) mass is 2040 g/mol. The van der Waals surface area contributed by atoms with Gasteiger partial charge in [-0.2, -0.15) is 0 Å². The van der Waals surface area contributed by atoms with Gasteiger partial charge in [0.25, 0.3) is 0 Å². The van der Waals surface area contributed by atoms with Crippen molar-refractivity contribution in [2.75, 3.05) is 13.1 Å². The van der Waals surface area contributed by atoms with E-state index in [9.17, 15) is 120 Å². The lowest BCUT2D eigenvalue weighted by molar-refractivity contribution is -0.143. The summed E-state index contributed by atoms with van der Waals surface area (Å²) in [5.41, 5.74) is 0.239. The van der Waals surface area contributed by atoms with Crippen molar-refractivity contribution in [3.05, 3.63) is 18.2 Å². The number of nitrogens with zero attached hydrogens (tertiary/aromatic N) is 3. The Balaban J connectivity index is 1.76. The minimum atomic E-state index is -1.65. The molecule has 0 radical (unpaired) electrons. The first kappa shape index (κ1) is 125. The first-order valence-corrected chi connectivity index (χ1v) is 50.0. The number of carboxylic acid groups (broad SMARTS) is 2. The minimum Gasteiger partial charge on any atom is -0.481 e. The average molecular weight is 2040 g/mol. The van der Waals surface area contributed by atoms with Gasteiger partial charge in [-0.15, -0.1) is 0 Å². The molecule has 0 bridgehead atoms. The van der Waals surface area contributed by atoms with Crippen LogP contribution in [0.1, 0.15) is 269 Å². The maximum Gasteiger partial charge on any atom is 0.305 e. The van der Waals surface area contributed by atoms with Gasteiger partial charge in [-0.05, 0) is 172 Å². The molecule has 3 rings (SSSR count). The van der Waals surface area contributed by atoms with Gasteiger partial charge in [0, 0.05) is 39.1 Å². The second kappa shape index (κ2) is 60.7. The van der Waals surface area contributed by atoms with E-state index in [-0.39, 0.29) is 131 Å². The smallest absolute Gasteiger partial charge is 0.305 e. The highest BCUT2D eigenvalue weighted by molar-refractivity contribution is 6.03. The van der Waals surface area contributed by atoms with Gasteiger partial charge in [0.15, 0.2) is 0 Å². The van der Waals surface area contributed by atoms with Crippen LogP contribution in [0, 0.1) is 53.3 Å². The summed E-state index contributed by atoms with van der Waals surface area (Å²) < 4.78 is 0. The molecule has 1 aromatic heterocycles. The Morgan fingerprint density at radius 3 is 1.00 bits per heavy atom. The molecule has 0 spiro atoms. The van der Waals surface area contributed by atoms with Crippen LogP contribution in [0.2, 0.25) is 0 Å². The zero-order chi connectivity index (χ0) is 109. The molecule has 2 aliphatic rings. The number of aldehydes is 1. The van der Waals surface area contributed by atoms with Crippen molar-refractivity contribution in [2.24, 2.45) is 53.3 Å². The first-order chi connectivity index (χ1) is 67.1. The lowest BCUT2D eigenvalue weighted by Gasteiger charge is -2.32. The molecule has 47 nitrogen and oxygen atoms in total. The van der Waals surface area contributed by atoms with E-state index in [0.717, 1.165) is 0 Å². The Kier molecular flexibility index (Phi) is 52.9. The van der Waals surface area contributed by atoms with Gasteiger partial charge in [-0.1, -0.05) is 125 Å². The molecule has 0 unspecified atom stereocenters. The molecule has 21 N–H and O–H groups in total. The van der Waals surface area contributed by atoms with Gasteiger partial charge in [-0.25, -0.2) is 4.98 Å². The van der Waals surface area contributed by atoms with Gasteiger partial charge >= 0.3 is 11.9 Å². The molecule has 810 valence electrons. The maximum atomic E-state index is 14.7. The minimum absolute atomic E-state index is 0.0204. The number of likely N-dealkylation sites (tertiary alicyclic amines) is 2. The van der Waals surface area contributed by atoms with Gasteiger partial charge in [0.05, 0.1) is 24.5 Å². The normalized spacial score (nSPS) is 17.4. The van der Waals surface area contributed by atoms with Crippen LogP contribution in [0.25, 0.3) is 0 Å². The molecule has 2 saturated heterocycles. The number of aromatic nitrogens is 2. The molecule has 2 aliphatic heterocycles. The molecule has 47 heteroatoms. The molecule has 0 aliphatic carbocycles. The Hall–Kier alpha value is -12.8. The third kappa shape index (κ3) is 43.4. The quantitative estimate of drug-likeness (QED) is 0.0347. The summed E-state index contributed by atoms with van der Waals surface area (Å²) in [6.45, 7) is 41.2. The van der Waals surface area contributed by atoms with Crippen LogP contribution in [-0.2, 0) is 117 Å². The van der Waals surface area contributed by atoms with Crippen LogP contribution in [0.5, 0.6) is 0 Å². The highest BCUT2D eigenvalue weighted by atomic mass is 16.4. The number of nitrogens with one attached hydrogen (secondary N) is 19. The van der Waals surface area contributed by atoms with E-state index in [2.05, 4.69) is 106 Å². The largest absolute Gasteiger partial charge is 0.481 e. The summed E-state index contributed by atoms with van der Waals surface area (Å²) in [7, 11) is 0. The van der Waals surface area contributed by atoms with Crippen molar-refractivity contribution in [1.29, 1.82) is 0 Å². The number of amides is 20. The Morgan fingerprint density at radius 2 is 0.625 bits per heavy atom. The van der Waals surface area contributed by atoms with Gasteiger partial charge in [0.2, 0.25) is 118 Å². The number of hydrogen-bond acceptors (Lipinski definition) is 24. The number of carboxylic acids is 2. The molecule has 1 aromatic rings. The summed E-state index contributed by atoms with van der Waals surface area (Å²) in [6.07, 6.45) is 1.74. The second-order valence-electron chi connectivity index (χ2n) is 41.4. The number of aromatic amines is 1. The Bertz CT molecular complexity index is 4580. The van der Waals surface area contributed by atoms with Crippen molar-refractivity contribution >= 4 is 136 Å². The topological polar surface area (TPSA) is 685 Å². The molecule has 3 heterocycles. The van der Waals surface area contributed by atoms with E-state index in [1.807, 2.05) is 27.7 Å². The van der Waals surface area contributed by atoms with Crippen molar-refractivity contribution in [3.63, 3.8) is 0 Å². The van der Waals surface area contributed by atoms with Crippen LogP contribution in [0.3, 0.4) is 0 Å². The molecule has 0 saturated carbocycles. The summed E-state index contributed by atoms with van der Waals surface area (Å²) >= 11 is 0. The van der Waals surface area contributed by atoms with E-state index in [0.29, 0.717) is 12.8 Å². The number of rotatable bonds is 61. The predicted molar refractivity (Wildman–Crippen MR) is 527 cm³/mol. The summed E-state index contributed by atoms with van der Waals surface area (Å²) in [5.74, 6) is -21.2. The van der Waals surface area contributed by atoms with Crippen molar-refractivity contribution in [2.45, 2.75) is 390 Å². The van der Waals surface area contributed by atoms with Gasteiger partial charge in [0.1, 0.15) is 121 Å². The first-order valence-electron chi connectivity index (χ1n) is 50.0. The number of H-pyrrole nitrogens is 1. The van der Waals surface area contributed by atoms with Crippen LogP contribution < -0.4 is 95.7 Å².